The fourth-order valence-electron chi connectivity index (χ4n) is 3.28. The number of para-hydroxylation sites is 1. The maximum atomic E-state index is 11.6. The molecule has 0 aliphatic rings. The number of allylic oxidation sites excluding steroid dienone is 1. The summed E-state index contributed by atoms with van der Waals surface area (Å²) in [6.07, 6.45) is 5.97. The van der Waals surface area contributed by atoms with Gasteiger partial charge in [-0.25, -0.2) is 0 Å². The van der Waals surface area contributed by atoms with Crippen LogP contribution in [0.1, 0.15) is 12.0 Å². The van der Waals surface area contributed by atoms with Crippen molar-refractivity contribution < 1.29 is 14.3 Å². The van der Waals surface area contributed by atoms with Gasteiger partial charge in [-0.3, -0.25) is 9.78 Å². The Kier molecular flexibility index (Phi) is 6.73. The van der Waals surface area contributed by atoms with Crippen molar-refractivity contribution in [2.24, 2.45) is 0 Å². The third-order valence-corrected chi connectivity index (χ3v) is 4.94. The Morgan fingerprint density at radius 2 is 1.56 bits per heavy atom. The fourth-order valence-corrected chi connectivity index (χ4v) is 3.28. The average Bonchev–Trinajstić information content (AvgIpc) is 2.85. The summed E-state index contributed by atoms with van der Waals surface area (Å²) >= 11 is 0. The summed E-state index contributed by atoms with van der Waals surface area (Å²) in [7, 11) is 0. The maximum Gasteiger partial charge on any atom is 0.155 e. The van der Waals surface area contributed by atoms with Crippen LogP contribution in [0, 0.1) is 0 Å². The van der Waals surface area contributed by atoms with Gasteiger partial charge in [0.05, 0.1) is 0 Å². The summed E-state index contributed by atoms with van der Waals surface area (Å²) in [6.45, 7) is 3.53. The number of benzene rings is 3. The van der Waals surface area contributed by atoms with E-state index in [2.05, 4.69) is 17.6 Å². The van der Waals surface area contributed by atoms with Gasteiger partial charge in [0.15, 0.2) is 5.78 Å². The van der Waals surface area contributed by atoms with Gasteiger partial charge in [0.25, 0.3) is 0 Å². The molecule has 0 aliphatic carbocycles. The highest BCUT2D eigenvalue weighted by Crippen LogP contribution is 2.34. The predicted molar refractivity (Wildman–Crippen MR) is 126 cm³/mol. The third-order valence-electron chi connectivity index (χ3n) is 4.94. The van der Waals surface area contributed by atoms with Crippen molar-refractivity contribution in [2.45, 2.75) is 12.8 Å². The number of rotatable bonds is 9. The van der Waals surface area contributed by atoms with Gasteiger partial charge < -0.3 is 9.47 Å². The van der Waals surface area contributed by atoms with Crippen LogP contribution < -0.4 is 9.47 Å². The van der Waals surface area contributed by atoms with Crippen LogP contribution >= 0.6 is 0 Å². The molecule has 4 rings (SSSR count). The minimum atomic E-state index is 0.0421. The van der Waals surface area contributed by atoms with Crippen molar-refractivity contribution >= 4 is 5.78 Å². The molecule has 0 fully saturated rings. The van der Waals surface area contributed by atoms with Crippen LogP contribution in [-0.4, -0.2) is 10.8 Å². The average molecular weight is 421 g/mol. The fraction of sp³-hybridized carbons (Fsp3) is 0.0714. The molecule has 4 nitrogen and oxygen atoms in total. The Morgan fingerprint density at radius 3 is 2.31 bits per heavy atom. The van der Waals surface area contributed by atoms with E-state index in [-0.39, 0.29) is 5.78 Å². The summed E-state index contributed by atoms with van der Waals surface area (Å²) in [5.41, 5.74) is 2.95. The zero-order chi connectivity index (χ0) is 22.2. The van der Waals surface area contributed by atoms with Gasteiger partial charge in [-0.15, -0.1) is 0 Å². The molecule has 0 N–H and O–H groups in total. The highest BCUT2D eigenvalue weighted by Gasteiger charge is 2.09. The lowest BCUT2D eigenvalue weighted by Gasteiger charge is -2.12. The summed E-state index contributed by atoms with van der Waals surface area (Å²) < 4.78 is 12.0. The summed E-state index contributed by atoms with van der Waals surface area (Å²) in [5, 5.41) is 0. The van der Waals surface area contributed by atoms with Crippen molar-refractivity contribution in [2.75, 3.05) is 0 Å². The van der Waals surface area contributed by atoms with Gasteiger partial charge in [0.1, 0.15) is 23.0 Å². The van der Waals surface area contributed by atoms with E-state index in [1.165, 1.54) is 6.08 Å². The normalized spacial score (nSPS) is 10.4. The molecule has 158 valence electrons. The zero-order valence-electron chi connectivity index (χ0n) is 17.6. The van der Waals surface area contributed by atoms with Crippen LogP contribution in [0.15, 0.2) is 110 Å². The molecule has 0 atom stereocenters. The number of carbonyl (C=O) groups excluding carboxylic acids is 1. The Morgan fingerprint density at radius 1 is 0.844 bits per heavy atom. The van der Waals surface area contributed by atoms with Gasteiger partial charge in [0.2, 0.25) is 0 Å². The van der Waals surface area contributed by atoms with E-state index in [1.54, 1.807) is 12.4 Å². The van der Waals surface area contributed by atoms with Crippen LogP contribution in [0.25, 0.3) is 11.1 Å². The number of hydrogen-bond acceptors (Lipinski definition) is 4. The minimum Gasteiger partial charge on any atom is -0.457 e. The number of hydrogen-bond donors (Lipinski definition) is 0. The molecule has 0 radical (unpaired) electrons. The molecular formula is C28H23NO3. The van der Waals surface area contributed by atoms with Crippen molar-refractivity contribution in [3.63, 3.8) is 0 Å². The van der Waals surface area contributed by atoms with Crippen molar-refractivity contribution in [3.8, 4) is 34.1 Å². The van der Waals surface area contributed by atoms with Crippen LogP contribution in [0.2, 0.25) is 0 Å². The molecule has 4 heteroatoms. The molecular weight excluding hydrogens is 398 g/mol. The first kappa shape index (κ1) is 21.1. The number of aromatic nitrogens is 1. The number of nitrogens with zero attached hydrogens (tertiary/aromatic N) is 1. The summed E-state index contributed by atoms with van der Waals surface area (Å²) in [5.74, 6) is 2.97. The monoisotopic (exact) mass is 421 g/mol. The topological polar surface area (TPSA) is 48.4 Å². The molecule has 0 saturated carbocycles. The number of aryl methyl sites for hydroxylation is 1. The Hall–Kier alpha value is -4.18. The largest absolute Gasteiger partial charge is 0.457 e. The van der Waals surface area contributed by atoms with E-state index >= 15 is 0 Å². The molecule has 0 aliphatic heterocycles. The van der Waals surface area contributed by atoms with Gasteiger partial charge in [-0.2, -0.15) is 0 Å². The standard InChI is InChI=1S/C28H23NO3/c1-2-23(30)12-11-21-7-6-8-22(19-21)27-20-29-18-17-28(27)32-26-15-13-25(14-16-26)31-24-9-4-3-5-10-24/h2-10,13-20H,1,11-12H2. The first-order valence-corrected chi connectivity index (χ1v) is 10.4. The second-order valence-corrected chi connectivity index (χ2v) is 7.23. The quantitative estimate of drug-likeness (QED) is 0.272. The highest BCUT2D eigenvalue weighted by atomic mass is 16.5. The molecule has 32 heavy (non-hydrogen) atoms. The van der Waals surface area contributed by atoms with E-state index in [0.717, 1.165) is 28.2 Å². The van der Waals surface area contributed by atoms with Crippen molar-refractivity contribution in [3.05, 3.63) is 116 Å². The molecule has 1 heterocycles. The van der Waals surface area contributed by atoms with Crippen LogP contribution in [0.4, 0.5) is 0 Å². The molecule has 4 aromatic rings. The molecule has 0 amide bonds. The van der Waals surface area contributed by atoms with E-state index in [9.17, 15) is 4.79 Å². The van der Waals surface area contributed by atoms with Crippen molar-refractivity contribution in [1.82, 2.24) is 4.98 Å². The minimum absolute atomic E-state index is 0.0421. The number of pyridine rings is 1. The van der Waals surface area contributed by atoms with Crippen LogP contribution in [-0.2, 0) is 11.2 Å². The summed E-state index contributed by atoms with van der Waals surface area (Å²) in [4.78, 5) is 15.8. The smallest absolute Gasteiger partial charge is 0.155 e. The summed E-state index contributed by atoms with van der Waals surface area (Å²) in [6, 6.07) is 27.1. The molecule has 3 aromatic carbocycles. The van der Waals surface area contributed by atoms with Crippen LogP contribution in [0.3, 0.4) is 0 Å². The van der Waals surface area contributed by atoms with Gasteiger partial charge >= 0.3 is 0 Å². The number of ether oxygens (including phenoxy) is 2. The van der Waals surface area contributed by atoms with Crippen molar-refractivity contribution in [1.29, 1.82) is 0 Å². The maximum absolute atomic E-state index is 11.6. The van der Waals surface area contributed by atoms with E-state index in [1.807, 2.05) is 78.9 Å². The first-order chi connectivity index (χ1) is 15.7. The van der Waals surface area contributed by atoms with Gasteiger partial charge in [-0.1, -0.05) is 49.0 Å². The second kappa shape index (κ2) is 10.2. The number of ketones is 1. The molecule has 1 aromatic heterocycles. The third kappa shape index (κ3) is 5.49. The van der Waals surface area contributed by atoms with Gasteiger partial charge in [0, 0.05) is 24.4 Å². The van der Waals surface area contributed by atoms with E-state index < -0.39 is 0 Å². The molecule has 0 saturated heterocycles. The second-order valence-electron chi connectivity index (χ2n) is 7.23. The molecule has 0 unspecified atom stereocenters. The lowest BCUT2D eigenvalue weighted by Crippen LogP contribution is -1.96. The lowest BCUT2D eigenvalue weighted by molar-refractivity contribution is -0.114. The first-order valence-electron chi connectivity index (χ1n) is 10.4. The Labute approximate surface area is 187 Å². The Bertz CT molecular complexity index is 1200. The number of carbonyl (C=O) groups is 1. The molecule has 0 bridgehead atoms. The predicted octanol–water partition coefficient (Wildman–Crippen LogP) is 7.02. The van der Waals surface area contributed by atoms with E-state index in [4.69, 9.17) is 9.47 Å². The van der Waals surface area contributed by atoms with E-state index in [0.29, 0.717) is 24.3 Å². The molecule has 0 spiro atoms. The Balaban J connectivity index is 1.50. The van der Waals surface area contributed by atoms with Crippen LogP contribution in [0.5, 0.6) is 23.0 Å². The lowest BCUT2D eigenvalue weighted by atomic mass is 10.0. The zero-order valence-corrected chi connectivity index (χ0v) is 17.6. The SMILES string of the molecule is C=CC(=O)CCc1cccc(-c2cnccc2Oc2ccc(Oc3ccccc3)cc2)c1. The highest BCUT2D eigenvalue weighted by molar-refractivity contribution is 5.89. The van der Waals surface area contributed by atoms with Gasteiger partial charge in [-0.05, 0) is 66.1 Å².